The van der Waals surface area contributed by atoms with Crippen LogP contribution in [0, 0.1) is 0 Å². The highest BCUT2D eigenvalue weighted by molar-refractivity contribution is 5.82. The zero-order valence-corrected chi connectivity index (χ0v) is 11.9. The van der Waals surface area contributed by atoms with Gasteiger partial charge in [0, 0.05) is 35.7 Å². The molecule has 6 nitrogen and oxygen atoms in total. The molecule has 1 aromatic heterocycles. The number of aromatic nitrogens is 2. The van der Waals surface area contributed by atoms with Crippen LogP contribution in [-0.4, -0.2) is 30.3 Å². The van der Waals surface area contributed by atoms with Crippen molar-refractivity contribution < 1.29 is 4.74 Å². The number of ether oxygens (including phenoxy) is 1. The Labute approximate surface area is 122 Å². The van der Waals surface area contributed by atoms with E-state index in [1.54, 1.807) is 25.7 Å². The molecule has 1 aliphatic heterocycles. The predicted octanol–water partition coefficient (Wildman–Crippen LogP) is 2.18. The normalized spacial score (nSPS) is 19.9. The molecule has 3 rings (SSSR count). The number of rotatable bonds is 3. The second kappa shape index (κ2) is 4.99. The molecule has 21 heavy (non-hydrogen) atoms. The first-order valence-corrected chi connectivity index (χ1v) is 6.48. The second-order valence-electron chi connectivity index (χ2n) is 4.85. The van der Waals surface area contributed by atoms with Crippen molar-refractivity contribution in [3.8, 4) is 16.9 Å². The van der Waals surface area contributed by atoms with Gasteiger partial charge in [-0.15, -0.1) is 4.59 Å². The van der Waals surface area contributed by atoms with E-state index >= 15 is 0 Å². The lowest BCUT2D eigenvalue weighted by molar-refractivity contribution is 0.411. The Balaban J connectivity index is 2.18. The van der Waals surface area contributed by atoms with Crippen LogP contribution >= 0.6 is 0 Å². The molecule has 1 aliphatic rings. The highest BCUT2D eigenvalue weighted by Crippen LogP contribution is 2.38. The Morgan fingerprint density at radius 1 is 1.19 bits per heavy atom. The smallest absolute Gasteiger partial charge is 0.219 e. The van der Waals surface area contributed by atoms with E-state index in [9.17, 15) is 0 Å². The van der Waals surface area contributed by atoms with Crippen LogP contribution in [0.15, 0.2) is 48.0 Å². The average molecular weight is 282 g/mol. The van der Waals surface area contributed by atoms with Crippen LogP contribution in [0.5, 0.6) is 5.75 Å². The van der Waals surface area contributed by atoms with Gasteiger partial charge < -0.3 is 10.5 Å². The lowest BCUT2D eigenvalue weighted by Crippen LogP contribution is -2.30. The molecule has 0 saturated carbocycles. The number of nitrogen functional groups attached to an aromatic ring is 1. The Kier molecular flexibility index (Phi) is 3.15. The minimum absolute atomic E-state index is 0.258. The van der Waals surface area contributed by atoms with Gasteiger partial charge in [0.05, 0.1) is 13.3 Å². The van der Waals surface area contributed by atoms with Crippen LogP contribution in [0.2, 0.25) is 0 Å². The number of quaternary nitrogens is 1. The van der Waals surface area contributed by atoms with Crippen LogP contribution in [-0.2, 0) is 0 Å². The number of hydrogen-bond acceptors (Lipinski definition) is 5. The molecule has 6 heteroatoms. The molecule has 1 atom stereocenters. The predicted molar refractivity (Wildman–Crippen MR) is 83.8 cm³/mol. The third-order valence-electron chi connectivity index (χ3n) is 3.44. The van der Waals surface area contributed by atoms with E-state index in [-0.39, 0.29) is 5.95 Å². The van der Waals surface area contributed by atoms with E-state index in [0.29, 0.717) is 4.59 Å². The summed E-state index contributed by atoms with van der Waals surface area (Å²) in [6, 6.07) is 5.86. The fraction of sp³-hybridized carbons (Fsp3) is 0.133. The van der Waals surface area contributed by atoms with Gasteiger partial charge in [-0.25, -0.2) is 9.97 Å². The van der Waals surface area contributed by atoms with Gasteiger partial charge in [0.25, 0.3) is 0 Å². The molecule has 0 radical (unpaired) electrons. The molecule has 0 amide bonds. The summed E-state index contributed by atoms with van der Waals surface area (Å²) in [4.78, 5) is 8.12. The summed E-state index contributed by atoms with van der Waals surface area (Å²) >= 11 is 0. The standard InChI is InChI=1S/C15H16N5O/c1-20(7-3-6-19-20)14-8-12(21-2)4-5-13(14)11-9-17-15(16)18-10-11/h3-10H,1-2H3,(H2,16,17,18)/q+1. The summed E-state index contributed by atoms with van der Waals surface area (Å²) in [5, 5.41) is 4.50. The van der Waals surface area contributed by atoms with E-state index in [1.165, 1.54) is 0 Å². The fourth-order valence-electron chi connectivity index (χ4n) is 2.30. The van der Waals surface area contributed by atoms with Gasteiger partial charge in [0.2, 0.25) is 5.95 Å². The minimum atomic E-state index is 0.258. The maximum Gasteiger partial charge on any atom is 0.219 e. The molecule has 2 N–H and O–H groups in total. The van der Waals surface area contributed by atoms with E-state index in [0.717, 1.165) is 22.6 Å². The highest BCUT2D eigenvalue weighted by atomic mass is 16.5. The van der Waals surface area contributed by atoms with E-state index in [2.05, 4.69) is 15.1 Å². The van der Waals surface area contributed by atoms with E-state index in [1.807, 2.05) is 37.5 Å². The lowest BCUT2D eigenvalue weighted by Gasteiger charge is -2.23. The number of benzene rings is 1. The molecule has 0 fully saturated rings. The van der Waals surface area contributed by atoms with Crippen molar-refractivity contribution in [1.82, 2.24) is 14.6 Å². The summed E-state index contributed by atoms with van der Waals surface area (Å²) in [7, 11) is 3.64. The van der Waals surface area contributed by atoms with Gasteiger partial charge in [-0.3, -0.25) is 0 Å². The summed E-state index contributed by atoms with van der Waals surface area (Å²) in [6.45, 7) is 0. The number of nitrogens with zero attached hydrogens (tertiary/aromatic N) is 4. The molecular weight excluding hydrogens is 266 g/mol. The minimum Gasteiger partial charge on any atom is -0.497 e. The Hall–Kier alpha value is -2.73. The van der Waals surface area contributed by atoms with Crippen molar-refractivity contribution in [3.05, 3.63) is 42.9 Å². The van der Waals surface area contributed by atoms with Gasteiger partial charge in [0.15, 0.2) is 5.69 Å². The van der Waals surface area contributed by atoms with Gasteiger partial charge in [-0.05, 0) is 12.1 Å². The molecule has 0 aliphatic carbocycles. The van der Waals surface area contributed by atoms with E-state index in [4.69, 9.17) is 10.5 Å². The second-order valence-corrected chi connectivity index (χ2v) is 4.85. The quantitative estimate of drug-likeness (QED) is 0.876. The monoisotopic (exact) mass is 282 g/mol. The van der Waals surface area contributed by atoms with Crippen molar-refractivity contribution >= 4 is 17.9 Å². The summed E-state index contributed by atoms with van der Waals surface area (Å²) in [6.07, 6.45) is 9.12. The molecule has 0 bridgehead atoms. The topological polar surface area (TPSA) is 73.4 Å². The van der Waals surface area contributed by atoms with Crippen LogP contribution in [0.1, 0.15) is 0 Å². The molecular formula is C15H16N5O+. The van der Waals surface area contributed by atoms with Crippen LogP contribution in [0.3, 0.4) is 0 Å². The molecule has 1 unspecified atom stereocenters. The van der Waals surface area contributed by atoms with Crippen LogP contribution in [0.4, 0.5) is 11.6 Å². The zero-order chi connectivity index (χ0) is 14.9. The summed E-state index contributed by atoms with van der Waals surface area (Å²) in [5.74, 6) is 1.04. The number of anilines is 1. The van der Waals surface area contributed by atoms with Gasteiger partial charge in [-0.2, -0.15) is 0 Å². The molecule has 0 spiro atoms. The number of hydrogen-bond donors (Lipinski definition) is 1. The average Bonchev–Trinajstić information content (AvgIpc) is 2.95. The molecule has 2 heterocycles. The SMILES string of the molecule is COc1ccc(-c2cnc(N)nc2)c([N+]2(C)C=CC=N2)c1. The first kappa shape index (κ1) is 13.3. The summed E-state index contributed by atoms with van der Waals surface area (Å²) in [5.41, 5.74) is 8.41. The van der Waals surface area contributed by atoms with Crippen LogP contribution in [0.25, 0.3) is 11.1 Å². The first-order valence-electron chi connectivity index (χ1n) is 6.48. The van der Waals surface area contributed by atoms with Crippen LogP contribution < -0.4 is 15.1 Å². The Bertz CT molecular complexity index is 709. The third-order valence-corrected chi connectivity index (χ3v) is 3.44. The van der Waals surface area contributed by atoms with Gasteiger partial charge >= 0.3 is 0 Å². The van der Waals surface area contributed by atoms with Gasteiger partial charge in [0.1, 0.15) is 19.0 Å². The summed E-state index contributed by atoms with van der Waals surface area (Å²) < 4.78 is 5.65. The van der Waals surface area contributed by atoms with Crippen molar-refractivity contribution in [3.63, 3.8) is 0 Å². The Morgan fingerprint density at radius 2 is 1.95 bits per heavy atom. The fourth-order valence-corrected chi connectivity index (χ4v) is 2.30. The molecule has 106 valence electrons. The van der Waals surface area contributed by atoms with Crippen molar-refractivity contribution in [1.29, 1.82) is 0 Å². The maximum absolute atomic E-state index is 5.56. The van der Waals surface area contributed by atoms with E-state index < -0.39 is 0 Å². The largest absolute Gasteiger partial charge is 0.497 e. The lowest BCUT2D eigenvalue weighted by atomic mass is 10.1. The molecule has 2 aromatic rings. The highest BCUT2D eigenvalue weighted by Gasteiger charge is 2.29. The van der Waals surface area contributed by atoms with Gasteiger partial charge in [-0.1, -0.05) is 5.10 Å². The number of allylic oxidation sites excluding steroid dienone is 1. The Morgan fingerprint density at radius 3 is 2.57 bits per heavy atom. The first-order chi connectivity index (χ1) is 10.1. The van der Waals surface area contributed by atoms with Crippen molar-refractivity contribution in [2.75, 3.05) is 19.9 Å². The maximum atomic E-state index is 5.56. The third kappa shape index (κ3) is 2.36. The number of methoxy groups -OCH3 is 1. The number of nitrogens with two attached hydrogens (primary N) is 1. The van der Waals surface area contributed by atoms with Crippen molar-refractivity contribution in [2.24, 2.45) is 5.10 Å². The zero-order valence-electron chi connectivity index (χ0n) is 11.9. The molecule has 0 saturated heterocycles. The molecule has 1 aromatic carbocycles. The van der Waals surface area contributed by atoms with Crippen molar-refractivity contribution in [2.45, 2.75) is 0 Å².